The Bertz CT molecular complexity index is 614. The lowest BCUT2D eigenvalue weighted by molar-refractivity contribution is 0.0785. The van der Waals surface area contributed by atoms with Crippen molar-refractivity contribution in [3.05, 3.63) is 65.2 Å². The van der Waals surface area contributed by atoms with Crippen molar-refractivity contribution < 1.29 is 9.90 Å². The van der Waals surface area contributed by atoms with Crippen LogP contribution in [0.1, 0.15) is 21.5 Å². The van der Waals surface area contributed by atoms with Gasteiger partial charge in [0.1, 0.15) is 5.75 Å². The predicted molar refractivity (Wildman–Crippen MR) is 90.4 cm³/mol. The summed E-state index contributed by atoms with van der Waals surface area (Å²) >= 11 is 0. The largest absolute Gasteiger partial charge is 0.508 e. The highest BCUT2D eigenvalue weighted by molar-refractivity contribution is 5.94. The van der Waals surface area contributed by atoms with Crippen LogP contribution in [-0.4, -0.2) is 29.5 Å². The maximum Gasteiger partial charge on any atom is 0.253 e. The van der Waals surface area contributed by atoms with Crippen molar-refractivity contribution in [3.8, 4) is 5.75 Å². The minimum Gasteiger partial charge on any atom is -0.508 e. The zero-order valence-electron chi connectivity index (χ0n) is 12.5. The lowest BCUT2D eigenvalue weighted by atomic mass is 10.1. The fourth-order valence-corrected chi connectivity index (χ4v) is 2.20. The minimum absolute atomic E-state index is 0. The summed E-state index contributed by atoms with van der Waals surface area (Å²) in [5, 5.41) is 9.45. The second kappa shape index (κ2) is 8.41. The molecule has 3 N–H and O–H groups in total. The Morgan fingerprint density at radius 3 is 2.41 bits per heavy atom. The number of nitrogens with zero attached hydrogens (tertiary/aromatic N) is 1. The molecular weight excluding hydrogens is 300 g/mol. The Labute approximate surface area is 137 Å². The molecule has 2 aromatic rings. The quantitative estimate of drug-likeness (QED) is 0.890. The highest BCUT2D eigenvalue weighted by atomic mass is 35.5. The van der Waals surface area contributed by atoms with Gasteiger partial charge in [-0.15, -0.1) is 12.4 Å². The number of phenolic OH excluding ortho intramolecular Hbond substituents is 1. The summed E-state index contributed by atoms with van der Waals surface area (Å²) in [6.45, 7) is 1.06. The molecule has 0 aliphatic heterocycles. The number of aromatic hydroxyl groups is 1. The maximum atomic E-state index is 12.3. The maximum absolute atomic E-state index is 12.3. The van der Waals surface area contributed by atoms with E-state index in [-0.39, 0.29) is 24.1 Å². The predicted octanol–water partition coefficient (Wildman–Crippen LogP) is 2.59. The van der Waals surface area contributed by atoms with Gasteiger partial charge in [-0.05, 0) is 48.4 Å². The summed E-state index contributed by atoms with van der Waals surface area (Å²) in [6.07, 6.45) is 0.813. The van der Waals surface area contributed by atoms with Crippen molar-refractivity contribution in [2.45, 2.75) is 13.0 Å². The number of halogens is 1. The molecule has 2 aromatic carbocycles. The van der Waals surface area contributed by atoms with Crippen LogP contribution in [0.5, 0.6) is 5.75 Å². The first-order chi connectivity index (χ1) is 10.1. The van der Waals surface area contributed by atoms with Crippen molar-refractivity contribution in [2.75, 3.05) is 13.6 Å². The minimum atomic E-state index is -0.0439. The molecule has 0 aliphatic carbocycles. The summed E-state index contributed by atoms with van der Waals surface area (Å²) < 4.78 is 0. The van der Waals surface area contributed by atoms with Gasteiger partial charge in [-0.1, -0.05) is 24.3 Å². The molecule has 0 heterocycles. The molecule has 1 amide bonds. The summed E-state index contributed by atoms with van der Waals surface area (Å²) in [7, 11) is 1.75. The van der Waals surface area contributed by atoms with Gasteiger partial charge in [-0.2, -0.15) is 0 Å². The second-order valence-electron chi connectivity index (χ2n) is 5.07. The van der Waals surface area contributed by atoms with Gasteiger partial charge >= 0.3 is 0 Å². The van der Waals surface area contributed by atoms with Crippen LogP contribution in [0.4, 0.5) is 0 Å². The molecule has 0 saturated carbocycles. The van der Waals surface area contributed by atoms with Gasteiger partial charge in [-0.25, -0.2) is 0 Å². The SMILES string of the molecule is CN(Cc1cccc(O)c1)C(=O)c1ccc(CCN)cc1.Cl. The molecule has 0 aromatic heterocycles. The average Bonchev–Trinajstić information content (AvgIpc) is 2.47. The van der Waals surface area contributed by atoms with Crippen LogP contribution in [0, 0.1) is 0 Å². The molecule has 0 aliphatic rings. The molecular formula is C17H21ClN2O2. The van der Waals surface area contributed by atoms with Crippen LogP contribution < -0.4 is 5.73 Å². The van der Waals surface area contributed by atoms with E-state index in [1.165, 1.54) is 0 Å². The molecule has 0 unspecified atom stereocenters. The van der Waals surface area contributed by atoms with Gasteiger partial charge in [0, 0.05) is 19.2 Å². The third-order valence-corrected chi connectivity index (χ3v) is 3.31. The van der Waals surface area contributed by atoms with Crippen LogP contribution in [0.25, 0.3) is 0 Å². The van der Waals surface area contributed by atoms with Crippen molar-refractivity contribution in [1.29, 1.82) is 0 Å². The number of nitrogens with two attached hydrogens (primary N) is 1. The highest BCUT2D eigenvalue weighted by Gasteiger charge is 2.12. The van der Waals surface area contributed by atoms with Crippen LogP contribution in [0.15, 0.2) is 48.5 Å². The second-order valence-corrected chi connectivity index (χ2v) is 5.07. The lowest BCUT2D eigenvalue weighted by Gasteiger charge is -2.17. The van der Waals surface area contributed by atoms with E-state index < -0.39 is 0 Å². The number of phenols is 1. The molecule has 5 heteroatoms. The summed E-state index contributed by atoms with van der Waals surface area (Å²) in [4.78, 5) is 14.0. The van der Waals surface area contributed by atoms with E-state index in [2.05, 4.69) is 0 Å². The van der Waals surface area contributed by atoms with E-state index in [1.807, 2.05) is 30.3 Å². The van der Waals surface area contributed by atoms with Crippen LogP contribution in [0.2, 0.25) is 0 Å². The average molecular weight is 321 g/mol. The first-order valence-electron chi connectivity index (χ1n) is 6.92. The molecule has 2 rings (SSSR count). The molecule has 0 fully saturated rings. The number of amides is 1. The highest BCUT2D eigenvalue weighted by Crippen LogP contribution is 2.14. The molecule has 0 radical (unpaired) electrons. The summed E-state index contributed by atoms with van der Waals surface area (Å²) in [6, 6.07) is 14.4. The topological polar surface area (TPSA) is 66.6 Å². The van der Waals surface area contributed by atoms with Crippen molar-refractivity contribution >= 4 is 18.3 Å². The van der Waals surface area contributed by atoms with Crippen molar-refractivity contribution in [1.82, 2.24) is 4.90 Å². The Hall–Kier alpha value is -2.04. The Morgan fingerprint density at radius 1 is 1.14 bits per heavy atom. The molecule has 0 saturated heterocycles. The Balaban J connectivity index is 0.00000242. The number of carbonyl (C=O) groups is 1. The lowest BCUT2D eigenvalue weighted by Crippen LogP contribution is -2.26. The van der Waals surface area contributed by atoms with E-state index >= 15 is 0 Å². The first-order valence-corrected chi connectivity index (χ1v) is 6.92. The van der Waals surface area contributed by atoms with E-state index in [9.17, 15) is 9.90 Å². The Kier molecular flexibility index (Phi) is 6.89. The number of hydrogen-bond acceptors (Lipinski definition) is 3. The van der Waals surface area contributed by atoms with E-state index in [0.717, 1.165) is 17.5 Å². The number of carbonyl (C=O) groups excluding carboxylic acids is 1. The van der Waals surface area contributed by atoms with E-state index in [1.54, 1.807) is 30.1 Å². The van der Waals surface area contributed by atoms with Crippen molar-refractivity contribution in [3.63, 3.8) is 0 Å². The fourth-order valence-electron chi connectivity index (χ4n) is 2.20. The number of benzene rings is 2. The third kappa shape index (κ3) is 4.76. The zero-order chi connectivity index (χ0) is 15.2. The van der Waals surface area contributed by atoms with Crippen LogP contribution in [0.3, 0.4) is 0 Å². The smallest absolute Gasteiger partial charge is 0.253 e. The van der Waals surface area contributed by atoms with Gasteiger partial charge in [-0.3, -0.25) is 4.79 Å². The monoisotopic (exact) mass is 320 g/mol. The molecule has 22 heavy (non-hydrogen) atoms. The molecule has 0 atom stereocenters. The van der Waals surface area contributed by atoms with Gasteiger partial charge in [0.2, 0.25) is 0 Å². The number of rotatable bonds is 5. The zero-order valence-corrected chi connectivity index (χ0v) is 13.3. The third-order valence-electron chi connectivity index (χ3n) is 3.31. The number of hydrogen-bond donors (Lipinski definition) is 2. The van der Waals surface area contributed by atoms with Crippen molar-refractivity contribution in [2.24, 2.45) is 5.73 Å². The Morgan fingerprint density at radius 2 is 1.82 bits per heavy atom. The molecule has 4 nitrogen and oxygen atoms in total. The van der Waals surface area contributed by atoms with Gasteiger partial charge < -0.3 is 15.7 Å². The van der Waals surface area contributed by atoms with Crippen LogP contribution in [-0.2, 0) is 13.0 Å². The molecule has 0 spiro atoms. The standard InChI is InChI=1S/C17H20N2O2.ClH/c1-19(12-14-3-2-4-16(20)11-14)17(21)15-7-5-13(6-8-15)9-10-18;/h2-8,11,20H,9-10,12,18H2,1H3;1H. The first kappa shape index (κ1) is 18.0. The fraction of sp³-hybridized carbons (Fsp3) is 0.235. The van der Waals surface area contributed by atoms with Gasteiger partial charge in [0.05, 0.1) is 0 Å². The molecule has 118 valence electrons. The van der Waals surface area contributed by atoms with Gasteiger partial charge in [0.15, 0.2) is 0 Å². The van der Waals surface area contributed by atoms with Gasteiger partial charge in [0.25, 0.3) is 5.91 Å². The van der Waals surface area contributed by atoms with Crippen LogP contribution >= 0.6 is 12.4 Å². The summed E-state index contributed by atoms with van der Waals surface area (Å²) in [5.41, 5.74) is 8.18. The molecule has 0 bridgehead atoms. The normalized spacial score (nSPS) is 9.91. The van der Waals surface area contributed by atoms with E-state index in [4.69, 9.17) is 5.73 Å². The van der Waals surface area contributed by atoms with E-state index in [0.29, 0.717) is 18.7 Å². The summed E-state index contributed by atoms with van der Waals surface area (Å²) in [5.74, 6) is 0.164.